The second-order valence-electron chi connectivity index (χ2n) is 4.48. The molecule has 98 valence electrons. The van der Waals surface area contributed by atoms with E-state index in [0.717, 1.165) is 20.8 Å². The Morgan fingerprint density at radius 1 is 0.900 bits per heavy atom. The molecule has 0 aliphatic heterocycles. The van der Waals surface area contributed by atoms with Crippen molar-refractivity contribution in [2.75, 3.05) is 0 Å². The van der Waals surface area contributed by atoms with Crippen LogP contribution in [0, 0.1) is 10.1 Å². The first kappa shape index (κ1) is 12.8. The highest BCUT2D eigenvalue weighted by molar-refractivity contribution is 9.10. The minimum Gasteiger partial charge on any atom is -0.258 e. The highest BCUT2D eigenvalue weighted by Gasteiger charge is 2.15. The van der Waals surface area contributed by atoms with Crippen molar-refractivity contribution in [1.29, 1.82) is 0 Å². The lowest BCUT2D eigenvalue weighted by atomic mass is 10.00. The van der Waals surface area contributed by atoms with E-state index in [9.17, 15) is 10.1 Å². The molecule has 0 spiro atoms. The summed E-state index contributed by atoms with van der Waals surface area (Å²) in [6.45, 7) is 0. The van der Waals surface area contributed by atoms with Crippen molar-refractivity contribution in [2.24, 2.45) is 0 Å². The van der Waals surface area contributed by atoms with Gasteiger partial charge in [-0.3, -0.25) is 10.1 Å². The Balaban J connectivity index is 2.24. The molecule has 0 aliphatic carbocycles. The summed E-state index contributed by atoms with van der Waals surface area (Å²) in [5.41, 5.74) is 1.58. The molecule has 0 heterocycles. The molecule has 3 nitrogen and oxygen atoms in total. The van der Waals surface area contributed by atoms with Crippen LogP contribution in [0.2, 0.25) is 0 Å². The maximum Gasteiger partial charge on any atom is 0.277 e. The van der Waals surface area contributed by atoms with E-state index < -0.39 is 0 Å². The van der Waals surface area contributed by atoms with Crippen LogP contribution in [-0.4, -0.2) is 4.92 Å². The summed E-state index contributed by atoms with van der Waals surface area (Å²) in [7, 11) is 0. The van der Waals surface area contributed by atoms with Crippen molar-refractivity contribution < 1.29 is 4.92 Å². The quantitative estimate of drug-likeness (QED) is 0.481. The van der Waals surface area contributed by atoms with Gasteiger partial charge in [-0.25, -0.2) is 0 Å². The van der Waals surface area contributed by atoms with Crippen LogP contribution in [0.1, 0.15) is 0 Å². The highest BCUT2D eigenvalue weighted by atomic mass is 79.9. The largest absolute Gasteiger partial charge is 0.277 e. The van der Waals surface area contributed by atoms with Gasteiger partial charge < -0.3 is 0 Å². The van der Waals surface area contributed by atoms with Crippen LogP contribution >= 0.6 is 15.9 Å². The number of benzene rings is 3. The molecular weight excluding hydrogens is 318 g/mol. The summed E-state index contributed by atoms with van der Waals surface area (Å²) in [6.07, 6.45) is 0. The lowest BCUT2D eigenvalue weighted by Crippen LogP contribution is -1.92. The summed E-state index contributed by atoms with van der Waals surface area (Å²) >= 11 is 3.37. The minimum absolute atomic E-state index is 0.114. The van der Waals surface area contributed by atoms with Gasteiger partial charge in [-0.15, -0.1) is 0 Å². The predicted octanol–water partition coefficient (Wildman–Crippen LogP) is 5.18. The molecule has 3 rings (SSSR count). The number of nitro benzene ring substituents is 1. The number of nitrogens with zero attached hydrogens (tertiary/aromatic N) is 1. The van der Waals surface area contributed by atoms with E-state index in [1.165, 1.54) is 6.07 Å². The van der Waals surface area contributed by atoms with Crippen molar-refractivity contribution in [2.45, 2.75) is 0 Å². The van der Waals surface area contributed by atoms with E-state index in [0.29, 0.717) is 5.56 Å². The van der Waals surface area contributed by atoms with Crippen LogP contribution in [-0.2, 0) is 0 Å². The summed E-state index contributed by atoms with van der Waals surface area (Å²) < 4.78 is 0.825. The first-order chi connectivity index (χ1) is 9.65. The fraction of sp³-hybridized carbons (Fsp3) is 0. The minimum atomic E-state index is -0.350. The normalized spacial score (nSPS) is 10.7. The van der Waals surface area contributed by atoms with Gasteiger partial charge in [0.1, 0.15) is 0 Å². The van der Waals surface area contributed by atoms with Gasteiger partial charge in [-0.05, 0) is 34.5 Å². The van der Waals surface area contributed by atoms with E-state index in [4.69, 9.17) is 0 Å². The maximum atomic E-state index is 11.2. The molecule has 0 amide bonds. The zero-order valence-corrected chi connectivity index (χ0v) is 12.0. The van der Waals surface area contributed by atoms with Crippen molar-refractivity contribution >= 4 is 32.4 Å². The second-order valence-corrected chi connectivity index (χ2v) is 5.40. The van der Waals surface area contributed by atoms with Crippen LogP contribution in [0.5, 0.6) is 0 Å². The Kier molecular flexibility index (Phi) is 3.24. The Hall–Kier alpha value is -2.20. The molecule has 0 atom stereocenters. The zero-order valence-electron chi connectivity index (χ0n) is 10.4. The van der Waals surface area contributed by atoms with E-state index in [1.54, 1.807) is 12.1 Å². The fourth-order valence-corrected chi connectivity index (χ4v) is 2.62. The first-order valence-electron chi connectivity index (χ1n) is 6.08. The molecule has 0 radical (unpaired) electrons. The summed E-state index contributed by atoms with van der Waals surface area (Å²) in [6, 6.07) is 18.8. The number of rotatable bonds is 2. The number of fused-ring (bicyclic) bond motifs is 1. The maximum absolute atomic E-state index is 11.2. The number of hydrogen-bond acceptors (Lipinski definition) is 2. The summed E-state index contributed by atoms with van der Waals surface area (Å²) in [4.78, 5) is 10.8. The van der Waals surface area contributed by atoms with Crippen LogP contribution in [0.15, 0.2) is 65.1 Å². The van der Waals surface area contributed by atoms with Crippen molar-refractivity contribution in [3.8, 4) is 11.1 Å². The molecule has 4 heteroatoms. The van der Waals surface area contributed by atoms with Crippen molar-refractivity contribution in [1.82, 2.24) is 0 Å². The lowest BCUT2D eigenvalue weighted by molar-refractivity contribution is -0.384. The van der Waals surface area contributed by atoms with Crippen LogP contribution < -0.4 is 0 Å². The van der Waals surface area contributed by atoms with Crippen LogP contribution in [0.4, 0.5) is 5.69 Å². The summed E-state index contributed by atoms with van der Waals surface area (Å²) in [5, 5.41) is 13.3. The topological polar surface area (TPSA) is 43.1 Å². The molecule has 0 unspecified atom stereocenters. The average Bonchev–Trinajstić information content (AvgIpc) is 2.46. The molecule has 20 heavy (non-hydrogen) atoms. The van der Waals surface area contributed by atoms with E-state index in [1.807, 2.05) is 42.5 Å². The molecule has 0 fully saturated rings. The third-order valence-electron chi connectivity index (χ3n) is 3.22. The van der Waals surface area contributed by atoms with E-state index in [2.05, 4.69) is 15.9 Å². The van der Waals surface area contributed by atoms with Gasteiger partial charge >= 0.3 is 0 Å². The smallest absolute Gasteiger partial charge is 0.258 e. The number of halogens is 1. The van der Waals surface area contributed by atoms with Crippen LogP contribution in [0.25, 0.3) is 21.9 Å². The van der Waals surface area contributed by atoms with Gasteiger partial charge in [-0.2, -0.15) is 0 Å². The zero-order chi connectivity index (χ0) is 14.1. The molecule has 3 aromatic carbocycles. The SMILES string of the molecule is O=[N+]([O-])c1ccc(Br)cc1-c1ccc2ccccc2c1. The molecule has 0 bridgehead atoms. The van der Waals surface area contributed by atoms with Gasteiger partial charge in [0.15, 0.2) is 0 Å². The Labute approximate surface area is 124 Å². The Morgan fingerprint density at radius 3 is 2.40 bits per heavy atom. The van der Waals surface area contributed by atoms with Crippen molar-refractivity contribution in [3.63, 3.8) is 0 Å². The molecular formula is C16H10BrNO2. The standard InChI is InChI=1S/C16H10BrNO2/c17-14-7-8-16(18(19)20)15(10-14)13-6-5-11-3-1-2-4-12(11)9-13/h1-10H. The van der Waals surface area contributed by atoms with Gasteiger partial charge in [0, 0.05) is 10.5 Å². The first-order valence-corrected chi connectivity index (χ1v) is 6.87. The van der Waals surface area contributed by atoms with Gasteiger partial charge in [-0.1, -0.05) is 52.3 Å². The van der Waals surface area contributed by atoms with Crippen LogP contribution in [0.3, 0.4) is 0 Å². The lowest BCUT2D eigenvalue weighted by Gasteiger charge is -2.06. The second kappa shape index (κ2) is 5.06. The molecule has 0 N–H and O–H groups in total. The Morgan fingerprint density at radius 2 is 1.65 bits per heavy atom. The molecule has 0 aliphatic rings. The highest BCUT2D eigenvalue weighted by Crippen LogP contribution is 2.33. The molecule has 3 aromatic rings. The summed E-state index contributed by atoms with van der Waals surface area (Å²) in [5.74, 6) is 0. The third kappa shape index (κ3) is 2.30. The van der Waals surface area contributed by atoms with Gasteiger partial charge in [0.25, 0.3) is 5.69 Å². The van der Waals surface area contributed by atoms with Crippen molar-refractivity contribution in [3.05, 3.63) is 75.3 Å². The average molecular weight is 328 g/mol. The number of hydrogen-bond donors (Lipinski definition) is 0. The van der Waals surface area contributed by atoms with Gasteiger partial charge in [0.05, 0.1) is 10.5 Å². The monoisotopic (exact) mass is 327 g/mol. The van der Waals surface area contributed by atoms with E-state index in [-0.39, 0.29) is 10.6 Å². The molecule has 0 saturated heterocycles. The van der Waals surface area contributed by atoms with Gasteiger partial charge in [0.2, 0.25) is 0 Å². The molecule has 0 saturated carbocycles. The third-order valence-corrected chi connectivity index (χ3v) is 3.71. The predicted molar refractivity (Wildman–Crippen MR) is 83.7 cm³/mol. The number of nitro groups is 1. The van der Waals surface area contributed by atoms with E-state index >= 15 is 0 Å². The molecule has 0 aromatic heterocycles. The Bertz CT molecular complexity index is 814. The fourth-order valence-electron chi connectivity index (χ4n) is 2.26.